The Hall–Kier alpha value is -0.760. The van der Waals surface area contributed by atoms with Crippen molar-refractivity contribution in [2.45, 2.75) is 19.3 Å². The van der Waals surface area contributed by atoms with Gasteiger partial charge in [0.05, 0.1) is 5.69 Å². The van der Waals surface area contributed by atoms with Crippen molar-refractivity contribution in [3.05, 3.63) is 22.5 Å². The molecule has 58 valence electrons. The lowest BCUT2D eigenvalue weighted by molar-refractivity contribution is 0.899. The molecule has 1 aliphatic carbocycles. The zero-order valence-electron chi connectivity index (χ0n) is 6.10. The van der Waals surface area contributed by atoms with Crippen LogP contribution in [0.15, 0.2) is 6.07 Å². The number of nitrogen functional groups attached to an aromatic ring is 1. The van der Waals surface area contributed by atoms with Crippen molar-refractivity contribution in [1.29, 1.82) is 0 Å². The first-order valence-electron chi connectivity index (χ1n) is 3.71. The van der Waals surface area contributed by atoms with E-state index in [9.17, 15) is 0 Å². The SMILES string of the molecule is Nc1cc2c(nc1Cl)CCC2. The number of nitrogens with two attached hydrogens (primary N) is 1. The van der Waals surface area contributed by atoms with Gasteiger partial charge >= 0.3 is 0 Å². The number of halogens is 1. The van der Waals surface area contributed by atoms with E-state index in [0.717, 1.165) is 18.5 Å². The molecule has 0 amide bonds. The van der Waals surface area contributed by atoms with Crippen molar-refractivity contribution in [3.8, 4) is 0 Å². The quantitative estimate of drug-likeness (QED) is 0.600. The van der Waals surface area contributed by atoms with Crippen LogP contribution in [0.1, 0.15) is 17.7 Å². The van der Waals surface area contributed by atoms with Crippen LogP contribution in [0, 0.1) is 0 Å². The van der Waals surface area contributed by atoms with Gasteiger partial charge in [0.2, 0.25) is 0 Å². The summed E-state index contributed by atoms with van der Waals surface area (Å²) < 4.78 is 0. The Kier molecular flexibility index (Phi) is 1.50. The van der Waals surface area contributed by atoms with Crippen molar-refractivity contribution in [1.82, 2.24) is 4.98 Å². The molecule has 0 radical (unpaired) electrons. The third-order valence-corrected chi connectivity index (χ3v) is 2.33. The number of aromatic nitrogens is 1. The third kappa shape index (κ3) is 1.07. The van der Waals surface area contributed by atoms with Gasteiger partial charge in [-0.1, -0.05) is 11.6 Å². The van der Waals surface area contributed by atoms with E-state index in [1.165, 1.54) is 12.0 Å². The second-order valence-electron chi connectivity index (χ2n) is 2.83. The minimum atomic E-state index is 0.450. The summed E-state index contributed by atoms with van der Waals surface area (Å²) >= 11 is 5.76. The van der Waals surface area contributed by atoms with E-state index in [-0.39, 0.29) is 0 Å². The number of nitrogens with zero attached hydrogens (tertiary/aromatic N) is 1. The predicted molar refractivity (Wildman–Crippen MR) is 45.7 cm³/mol. The fourth-order valence-corrected chi connectivity index (χ4v) is 1.62. The lowest BCUT2D eigenvalue weighted by Gasteiger charge is -2.01. The maximum Gasteiger partial charge on any atom is 0.152 e. The lowest BCUT2D eigenvalue weighted by Crippen LogP contribution is -1.94. The molecule has 1 aromatic rings. The number of anilines is 1. The highest BCUT2D eigenvalue weighted by molar-refractivity contribution is 6.31. The fourth-order valence-electron chi connectivity index (χ4n) is 1.46. The molecule has 11 heavy (non-hydrogen) atoms. The van der Waals surface area contributed by atoms with Crippen LogP contribution in [0.5, 0.6) is 0 Å². The summed E-state index contributed by atoms with van der Waals surface area (Å²) in [7, 11) is 0. The molecule has 0 spiro atoms. The number of fused-ring (bicyclic) bond motifs is 1. The lowest BCUT2D eigenvalue weighted by atomic mass is 10.2. The minimum absolute atomic E-state index is 0.450. The molecule has 1 aromatic heterocycles. The monoisotopic (exact) mass is 168 g/mol. The van der Waals surface area contributed by atoms with Gasteiger partial charge in [-0.15, -0.1) is 0 Å². The molecule has 0 aliphatic heterocycles. The standard InChI is InChI=1S/C8H9ClN2/c9-8-6(10)4-5-2-1-3-7(5)11-8/h4H,1-3,10H2. The second kappa shape index (κ2) is 2.38. The number of aryl methyl sites for hydroxylation is 2. The molecule has 2 rings (SSSR count). The molecule has 1 heterocycles. The first-order valence-corrected chi connectivity index (χ1v) is 4.09. The van der Waals surface area contributed by atoms with Crippen LogP contribution in [-0.2, 0) is 12.8 Å². The van der Waals surface area contributed by atoms with Gasteiger partial charge in [0.15, 0.2) is 5.15 Å². The van der Waals surface area contributed by atoms with Crippen LogP contribution in [0.3, 0.4) is 0 Å². The van der Waals surface area contributed by atoms with E-state index in [2.05, 4.69) is 4.98 Å². The van der Waals surface area contributed by atoms with Gasteiger partial charge in [-0.05, 0) is 30.9 Å². The van der Waals surface area contributed by atoms with Crippen LogP contribution in [0.4, 0.5) is 5.69 Å². The Balaban J connectivity index is 2.57. The molecule has 0 aromatic carbocycles. The topological polar surface area (TPSA) is 38.9 Å². The Bertz CT molecular complexity index is 267. The van der Waals surface area contributed by atoms with Gasteiger partial charge in [-0.25, -0.2) is 4.98 Å². The van der Waals surface area contributed by atoms with Gasteiger partial charge in [-0.3, -0.25) is 0 Å². The Morgan fingerprint density at radius 3 is 3.09 bits per heavy atom. The predicted octanol–water partition coefficient (Wildman–Crippen LogP) is 1.81. The molecule has 0 saturated carbocycles. The van der Waals surface area contributed by atoms with E-state index in [1.807, 2.05) is 6.07 Å². The van der Waals surface area contributed by atoms with Crippen molar-refractivity contribution in [2.24, 2.45) is 0 Å². The molecule has 0 bridgehead atoms. The smallest absolute Gasteiger partial charge is 0.152 e. The molecule has 1 aliphatic rings. The van der Waals surface area contributed by atoms with Crippen molar-refractivity contribution < 1.29 is 0 Å². The van der Waals surface area contributed by atoms with Gasteiger partial charge in [0.1, 0.15) is 0 Å². The maximum absolute atomic E-state index is 5.76. The van der Waals surface area contributed by atoms with Crippen molar-refractivity contribution in [2.75, 3.05) is 5.73 Å². The molecule has 0 saturated heterocycles. The van der Waals surface area contributed by atoms with Gasteiger partial charge in [-0.2, -0.15) is 0 Å². The van der Waals surface area contributed by atoms with Crippen LogP contribution < -0.4 is 5.73 Å². The number of hydrogen-bond donors (Lipinski definition) is 1. The van der Waals surface area contributed by atoms with Gasteiger partial charge in [0, 0.05) is 5.69 Å². The summed E-state index contributed by atoms with van der Waals surface area (Å²) in [6, 6.07) is 1.94. The summed E-state index contributed by atoms with van der Waals surface area (Å²) in [6.07, 6.45) is 3.33. The number of hydrogen-bond acceptors (Lipinski definition) is 2. The van der Waals surface area contributed by atoms with Crippen LogP contribution >= 0.6 is 11.6 Å². The number of rotatable bonds is 0. The molecule has 3 heteroatoms. The first kappa shape index (κ1) is 6.92. The third-order valence-electron chi connectivity index (χ3n) is 2.03. The van der Waals surface area contributed by atoms with Crippen molar-refractivity contribution in [3.63, 3.8) is 0 Å². The van der Waals surface area contributed by atoms with E-state index in [4.69, 9.17) is 17.3 Å². The zero-order chi connectivity index (χ0) is 7.84. The Morgan fingerprint density at radius 2 is 2.27 bits per heavy atom. The van der Waals surface area contributed by atoms with Gasteiger partial charge < -0.3 is 5.73 Å². The summed E-state index contributed by atoms with van der Waals surface area (Å²) in [5, 5.41) is 0.450. The summed E-state index contributed by atoms with van der Waals surface area (Å²) in [6.45, 7) is 0. The average Bonchev–Trinajstić information content (AvgIpc) is 2.36. The maximum atomic E-state index is 5.76. The van der Waals surface area contributed by atoms with E-state index < -0.39 is 0 Å². The molecule has 0 unspecified atom stereocenters. The summed E-state index contributed by atoms with van der Waals surface area (Å²) in [4.78, 5) is 4.19. The molecule has 0 atom stereocenters. The highest BCUT2D eigenvalue weighted by Crippen LogP contribution is 2.26. The van der Waals surface area contributed by atoms with Crippen LogP contribution in [0.2, 0.25) is 5.15 Å². The summed E-state index contributed by atoms with van der Waals surface area (Å²) in [5.41, 5.74) is 8.60. The minimum Gasteiger partial charge on any atom is -0.396 e. The van der Waals surface area contributed by atoms with Crippen LogP contribution in [0.25, 0.3) is 0 Å². The molecular weight excluding hydrogens is 160 g/mol. The highest BCUT2D eigenvalue weighted by Gasteiger charge is 2.13. The zero-order valence-corrected chi connectivity index (χ0v) is 6.86. The molecule has 2 nitrogen and oxygen atoms in total. The van der Waals surface area contributed by atoms with E-state index in [0.29, 0.717) is 10.8 Å². The Labute approximate surface area is 70.4 Å². The van der Waals surface area contributed by atoms with E-state index >= 15 is 0 Å². The normalized spacial score (nSPS) is 15.0. The van der Waals surface area contributed by atoms with Gasteiger partial charge in [0.25, 0.3) is 0 Å². The fraction of sp³-hybridized carbons (Fsp3) is 0.375. The first-order chi connectivity index (χ1) is 5.27. The largest absolute Gasteiger partial charge is 0.396 e. The second-order valence-corrected chi connectivity index (χ2v) is 3.19. The molecule has 0 fully saturated rings. The average molecular weight is 169 g/mol. The molecular formula is C8H9ClN2. The Morgan fingerprint density at radius 1 is 1.45 bits per heavy atom. The van der Waals surface area contributed by atoms with Crippen LogP contribution in [-0.4, -0.2) is 4.98 Å². The molecule has 2 N–H and O–H groups in total. The summed E-state index contributed by atoms with van der Waals surface area (Å²) in [5.74, 6) is 0. The van der Waals surface area contributed by atoms with Crippen molar-refractivity contribution >= 4 is 17.3 Å². The highest BCUT2D eigenvalue weighted by atomic mass is 35.5. The van der Waals surface area contributed by atoms with E-state index in [1.54, 1.807) is 0 Å². The number of pyridine rings is 1.